The Morgan fingerprint density at radius 3 is 2.62 bits per heavy atom. The van der Waals surface area contributed by atoms with E-state index in [1.54, 1.807) is 23.5 Å². The summed E-state index contributed by atoms with van der Waals surface area (Å²) in [6.07, 6.45) is 0. The summed E-state index contributed by atoms with van der Waals surface area (Å²) in [5.74, 6) is -0.371. The van der Waals surface area contributed by atoms with Crippen molar-refractivity contribution in [3.05, 3.63) is 52.5 Å². The summed E-state index contributed by atoms with van der Waals surface area (Å²) in [6.45, 7) is 2.83. The molecule has 0 fully saturated rings. The molecule has 4 nitrogen and oxygen atoms in total. The van der Waals surface area contributed by atoms with Gasteiger partial charge in [0.05, 0.1) is 18.8 Å². The van der Waals surface area contributed by atoms with Crippen LogP contribution in [0.15, 0.2) is 46.7 Å². The SMILES string of the molecule is CCN(CC(=O)NCc1cccs1)C(=O)CSc1ccc(F)cc1. The number of hydrogen-bond acceptors (Lipinski definition) is 4. The van der Waals surface area contributed by atoms with Gasteiger partial charge in [0.2, 0.25) is 11.8 Å². The van der Waals surface area contributed by atoms with E-state index in [1.807, 2.05) is 24.4 Å². The molecule has 1 aromatic carbocycles. The monoisotopic (exact) mass is 366 g/mol. The Balaban J connectivity index is 1.77. The van der Waals surface area contributed by atoms with Crippen molar-refractivity contribution in [2.45, 2.75) is 18.4 Å². The van der Waals surface area contributed by atoms with Gasteiger partial charge >= 0.3 is 0 Å². The maximum absolute atomic E-state index is 12.9. The molecule has 2 amide bonds. The summed E-state index contributed by atoms with van der Waals surface area (Å²) in [5.41, 5.74) is 0. The van der Waals surface area contributed by atoms with E-state index in [9.17, 15) is 14.0 Å². The Morgan fingerprint density at radius 2 is 2.00 bits per heavy atom. The zero-order chi connectivity index (χ0) is 17.4. The number of carbonyl (C=O) groups excluding carboxylic acids is 2. The molecule has 0 saturated carbocycles. The Hall–Kier alpha value is -1.86. The number of thioether (sulfide) groups is 1. The maximum Gasteiger partial charge on any atom is 0.239 e. The van der Waals surface area contributed by atoms with Crippen LogP contribution in [0, 0.1) is 5.82 Å². The van der Waals surface area contributed by atoms with Gasteiger partial charge in [-0.3, -0.25) is 9.59 Å². The zero-order valence-corrected chi connectivity index (χ0v) is 15.0. The molecule has 2 aromatic rings. The summed E-state index contributed by atoms with van der Waals surface area (Å²) < 4.78 is 12.9. The summed E-state index contributed by atoms with van der Waals surface area (Å²) in [5, 5.41) is 4.77. The van der Waals surface area contributed by atoms with E-state index in [-0.39, 0.29) is 29.9 Å². The van der Waals surface area contributed by atoms with E-state index < -0.39 is 0 Å². The van der Waals surface area contributed by atoms with Crippen molar-refractivity contribution in [1.82, 2.24) is 10.2 Å². The first-order chi connectivity index (χ1) is 11.6. The molecule has 0 radical (unpaired) electrons. The Morgan fingerprint density at radius 1 is 1.25 bits per heavy atom. The minimum Gasteiger partial charge on any atom is -0.350 e. The first-order valence-electron chi connectivity index (χ1n) is 7.53. The van der Waals surface area contributed by atoms with Crippen LogP contribution >= 0.6 is 23.1 Å². The second-order valence-corrected chi connectivity index (χ2v) is 7.09. The third-order valence-corrected chi connectivity index (χ3v) is 5.16. The quantitative estimate of drug-likeness (QED) is 0.730. The molecule has 128 valence electrons. The lowest BCUT2D eigenvalue weighted by molar-refractivity contribution is -0.133. The fraction of sp³-hybridized carbons (Fsp3) is 0.294. The second kappa shape index (κ2) is 9.44. The van der Waals surface area contributed by atoms with Gasteiger partial charge in [0, 0.05) is 16.3 Å². The summed E-state index contributed by atoms with van der Waals surface area (Å²) in [7, 11) is 0. The number of nitrogens with zero attached hydrogens (tertiary/aromatic N) is 1. The highest BCUT2D eigenvalue weighted by Gasteiger charge is 2.15. The molecule has 2 rings (SSSR count). The molecule has 0 bridgehead atoms. The van der Waals surface area contributed by atoms with Crippen LogP contribution in [0.3, 0.4) is 0 Å². The van der Waals surface area contributed by atoms with Crippen LogP contribution in [0.2, 0.25) is 0 Å². The van der Waals surface area contributed by atoms with E-state index in [0.29, 0.717) is 13.1 Å². The number of benzene rings is 1. The van der Waals surface area contributed by atoms with Crippen LogP contribution in [0.5, 0.6) is 0 Å². The van der Waals surface area contributed by atoms with Crippen molar-refractivity contribution in [1.29, 1.82) is 0 Å². The molecule has 0 unspecified atom stereocenters. The molecule has 0 saturated heterocycles. The highest BCUT2D eigenvalue weighted by atomic mass is 32.2. The van der Waals surface area contributed by atoms with E-state index in [4.69, 9.17) is 0 Å². The number of halogens is 1. The largest absolute Gasteiger partial charge is 0.350 e. The van der Waals surface area contributed by atoms with Gasteiger partial charge in [-0.05, 0) is 42.6 Å². The molecule has 0 spiro atoms. The molecule has 24 heavy (non-hydrogen) atoms. The van der Waals surface area contributed by atoms with Crippen molar-refractivity contribution in [3.63, 3.8) is 0 Å². The maximum atomic E-state index is 12.9. The molecule has 1 heterocycles. The predicted molar refractivity (Wildman–Crippen MR) is 95.5 cm³/mol. The summed E-state index contributed by atoms with van der Waals surface area (Å²) >= 11 is 2.91. The van der Waals surface area contributed by atoms with Gasteiger partial charge in [-0.2, -0.15) is 0 Å². The van der Waals surface area contributed by atoms with E-state index in [2.05, 4.69) is 5.32 Å². The lowest BCUT2D eigenvalue weighted by atomic mass is 10.4. The van der Waals surface area contributed by atoms with E-state index in [0.717, 1.165) is 9.77 Å². The lowest BCUT2D eigenvalue weighted by Gasteiger charge is -2.20. The van der Waals surface area contributed by atoms with Crippen LogP contribution in [0.1, 0.15) is 11.8 Å². The standard InChI is InChI=1S/C17H19FN2O2S2/c1-2-20(11-16(21)19-10-15-4-3-9-23-15)17(22)12-24-14-7-5-13(18)6-8-14/h3-9H,2,10-12H2,1H3,(H,19,21). The fourth-order valence-electron chi connectivity index (χ4n) is 1.97. The first kappa shape index (κ1) is 18.5. The van der Waals surface area contributed by atoms with Crippen molar-refractivity contribution >= 4 is 34.9 Å². The molecule has 7 heteroatoms. The number of rotatable bonds is 8. The van der Waals surface area contributed by atoms with Gasteiger partial charge < -0.3 is 10.2 Å². The number of carbonyl (C=O) groups is 2. The van der Waals surface area contributed by atoms with Crippen LogP contribution in [0.25, 0.3) is 0 Å². The number of likely N-dealkylation sites (N-methyl/N-ethyl adjacent to an activating group) is 1. The molecule has 0 aliphatic rings. The Bertz CT molecular complexity index is 660. The average Bonchev–Trinajstić information content (AvgIpc) is 3.10. The molecular weight excluding hydrogens is 347 g/mol. The van der Waals surface area contributed by atoms with Gasteiger partial charge in [-0.25, -0.2) is 4.39 Å². The zero-order valence-electron chi connectivity index (χ0n) is 13.3. The molecular formula is C17H19FN2O2S2. The van der Waals surface area contributed by atoms with Crippen molar-refractivity contribution in [3.8, 4) is 0 Å². The minimum absolute atomic E-state index is 0.0463. The second-order valence-electron chi connectivity index (χ2n) is 5.01. The highest BCUT2D eigenvalue weighted by molar-refractivity contribution is 8.00. The minimum atomic E-state index is -0.303. The van der Waals surface area contributed by atoms with Crippen molar-refractivity contribution < 1.29 is 14.0 Å². The average molecular weight is 366 g/mol. The van der Waals surface area contributed by atoms with E-state index in [1.165, 1.54) is 28.8 Å². The molecule has 0 aliphatic carbocycles. The van der Waals surface area contributed by atoms with Crippen LogP contribution in [-0.2, 0) is 16.1 Å². The molecule has 1 aromatic heterocycles. The topological polar surface area (TPSA) is 49.4 Å². The fourth-order valence-corrected chi connectivity index (χ4v) is 3.42. The Labute approximate surface area is 149 Å². The van der Waals surface area contributed by atoms with Gasteiger partial charge in [-0.15, -0.1) is 23.1 Å². The van der Waals surface area contributed by atoms with Crippen molar-refractivity contribution in [2.24, 2.45) is 0 Å². The van der Waals surface area contributed by atoms with Gasteiger partial charge in [0.1, 0.15) is 5.82 Å². The summed E-state index contributed by atoms with van der Waals surface area (Å²) in [4.78, 5) is 27.6. The third-order valence-electron chi connectivity index (χ3n) is 3.28. The lowest BCUT2D eigenvalue weighted by Crippen LogP contribution is -2.41. The Kier molecular flexibility index (Phi) is 7.27. The van der Waals surface area contributed by atoms with Gasteiger partial charge in [-0.1, -0.05) is 6.07 Å². The molecule has 1 N–H and O–H groups in total. The van der Waals surface area contributed by atoms with Gasteiger partial charge in [0.25, 0.3) is 0 Å². The van der Waals surface area contributed by atoms with Crippen molar-refractivity contribution in [2.75, 3.05) is 18.8 Å². The number of hydrogen-bond donors (Lipinski definition) is 1. The first-order valence-corrected chi connectivity index (χ1v) is 9.40. The number of thiophene rings is 1. The van der Waals surface area contributed by atoms with Crippen LogP contribution in [-0.4, -0.2) is 35.6 Å². The van der Waals surface area contributed by atoms with Crippen LogP contribution in [0.4, 0.5) is 4.39 Å². The number of amides is 2. The third kappa shape index (κ3) is 5.98. The molecule has 0 atom stereocenters. The summed E-state index contributed by atoms with van der Waals surface area (Å²) in [6, 6.07) is 9.88. The van der Waals surface area contributed by atoms with Crippen LogP contribution < -0.4 is 5.32 Å². The van der Waals surface area contributed by atoms with Gasteiger partial charge in [0.15, 0.2) is 0 Å². The van der Waals surface area contributed by atoms with E-state index >= 15 is 0 Å². The highest BCUT2D eigenvalue weighted by Crippen LogP contribution is 2.18. The molecule has 0 aliphatic heterocycles. The smallest absolute Gasteiger partial charge is 0.239 e. The predicted octanol–water partition coefficient (Wildman–Crippen LogP) is 3.14. The number of nitrogens with one attached hydrogen (secondary N) is 1. The normalized spacial score (nSPS) is 10.4.